The van der Waals surface area contributed by atoms with Crippen molar-refractivity contribution >= 4 is 36.7 Å². The molecule has 4 heterocycles. The lowest BCUT2D eigenvalue weighted by Crippen LogP contribution is -2.65. The van der Waals surface area contributed by atoms with E-state index in [1.165, 1.54) is 17.1 Å². The molecular weight excluding hydrogens is 622 g/mol. The molecule has 0 radical (unpaired) electrons. The number of fused-ring (bicyclic) bond motifs is 2. The number of halogens is 1. The van der Waals surface area contributed by atoms with Gasteiger partial charge in [-0.1, -0.05) is 55.4 Å². The molecule has 2 aromatic rings. The third kappa shape index (κ3) is 6.28. The number of rotatable bonds is 10. The number of hydrogen-bond acceptors (Lipinski definition) is 9. The molecule has 5 atom stereocenters. The zero-order valence-corrected chi connectivity index (χ0v) is 31.1. The topological polar surface area (TPSA) is 120 Å². The van der Waals surface area contributed by atoms with Gasteiger partial charge in [-0.2, -0.15) is 0 Å². The zero-order chi connectivity index (χ0) is 32.9. The molecular formula is C29H52FN4O7PSi2. The molecule has 0 aliphatic carbocycles. The number of nitrogens with one attached hydrogen (secondary N) is 1. The smallest absolute Gasteiger partial charge is 0.335 e. The van der Waals surface area contributed by atoms with Gasteiger partial charge in [-0.25, -0.2) is 14.0 Å². The van der Waals surface area contributed by atoms with E-state index in [-0.39, 0.29) is 51.9 Å². The Morgan fingerprint density at radius 1 is 1.02 bits per heavy atom. The maximum atomic E-state index is 15.3. The first-order chi connectivity index (χ1) is 20.5. The number of aromatic nitrogens is 3. The van der Waals surface area contributed by atoms with Gasteiger partial charge >= 0.3 is 17.1 Å². The van der Waals surface area contributed by atoms with Gasteiger partial charge in [-0.05, 0) is 49.9 Å². The Kier molecular flexibility index (Phi) is 11.0. The molecule has 15 heteroatoms. The second kappa shape index (κ2) is 13.6. The molecule has 250 valence electrons. The zero-order valence-electron chi connectivity index (χ0n) is 28.2. The predicted octanol–water partition coefficient (Wildman–Crippen LogP) is 6.44. The Labute approximate surface area is 264 Å². The fourth-order valence-corrected chi connectivity index (χ4v) is 19.4. The summed E-state index contributed by atoms with van der Waals surface area (Å²) < 4.78 is 53.5. The van der Waals surface area contributed by atoms with Crippen molar-refractivity contribution < 1.29 is 31.5 Å². The summed E-state index contributed by atoms with van der Waals surface area (Å²) in [5, 5.41) is -0.170. The van der Waals surface area contributed by atoms with Crippen LogP contribution in [0.4, 0.5) is 4.39 Å². The van der Waals surface area contributed by atoms with Crippen molar-refractivity contribution in [1.82, 2.24) is 19.2 Å². The minimum absolute atomic E-state index is 0.0128. The summed E-state index contributed by atoms with van der Waals surface area (Å²) in [6.45, 7) is 25.3. The molecule has 2 aliphatic heterocycles. The van der Waals surface area contributed by atoms with E-state index < -0.39 is 61.6 Å². The van der Waals surface area contributed by atoms with E-state index in [0.29, 0.717) is 0 Å². The lowest BCUT2D eigenvalue weighted by molar-refractivity contribution is -0.0563. The van der Waals surface area contributed by atoms with Gasteiger partial charge in [0.25, 0.3) is 14.1 Å². The molecule has 2 N–H and O–H groups in total. The number of ether oxygens (including phenoxy) is 1. The minimum Gasteiger partial charge on any atom is -0.414 e. The van der Waals surface area contributed by atoms with Crippen LogP contribution in [0.1, 0.15) is 89.3 Å². The molecule has 0 amide bonds. The molecule has 2 aromatic heterocycles. The van der Waals surface area contributed by atoms with Gasteiger partial charge in [0.1, 0.15) is 23.7 Å². The van der Waals surface area contributed by atoms with E-state index in [1.54, 1.807) is 0 Å². The van der Waals surface area contributed by atoms with Crippen LogP contribution in [0.3, 0.4) is 0 Å². The number of aromatic amines is 1. The Morgan fingerprint density at radius 3 is 2.11 bits per heavy atom. The van der Waals surface area contributed by atoms with Crippen molar-refractivity contribution in [2.45, 2.75) is 142 Å². The number of H-pyrrole nitrogens is 1. The van der Waals surface area contributed by atoms with E-state index in [1.807, 2.05) is 32.4 Å². The quantitative estimate of drug-likeness (QED) is 0.217. The average molecular weight is 675 g/mol. The van der Waals surface area contributed by atoms with E-state index in [9.17, 15) is 9.69 Å². The number of nitrogens with zero attached hydrogens (tertiary/aromatic N) is 3. The molecule has 0 saturated carbocycles. The van der Waals surface area contributed by atoms with Crippen LogP contribution in [0, 0.1) is 5.82 Å². The molecule has 11 nitrogen and oxygen atoms in total. The Hall–Kier alpha value is -1.07. The largest absolute Gasteiger partial charge is 0.414 e. The molecule has 2 saturated heterocycles. The van der Waals surface area contributed by atoms with Gasteiger partial charge in [0.2, 0.25) is 0 Å². The lowest BCUT2D eigenvalue weighted by atomic mass is 10.1. The third-order valence-electron chi connectivity index (χ3n) is 8.93. The monoisotopic (exact) mass is 674 g/mol. The summed E-state index contributed by atoms with van der Waals surface area (Å²) in [6.07, 6.45) is -0.726. The summed E-state index contributed by atoms with van der Waals surface area (Å²) in [7, 11) is -8.06. The first-order valence-corrected chi connectivity index (χ1v) is 20.9. The van der Waals surface area contributed by atoms with Crippen LogP contribution < -0.4 is 5.56 Å². The Balaban J connectivity index is 1.90. The van der Waals surface area contributed by atoms with Crippen LogP contribution in [-0.4, -0.2) is 78.2 Å². The van der Waals surface area contributed by atoms with Gasteiger partial charge in [0.05, 0.1) is 12.9 Å². The maximum Gasteiger partial charge on any atom is 0.335 e. The van der Waals surface area contributed by atoms with E-state index >= 15 is 4.39 Å². The highest BCUT2D eigenvalue weighted by Gasteiger charge is 2.62. The van der Waals surface area contributed by atoms with Crippen LogP contribution in [0.15, 0.2) is 17.3 Å². The maximum absolute atomic E-state index is 15.3. The molecule has 1 unspecified atom stereocenters. The predicted molar refractivity (Wildman–Crippen MR) is 174 cm³/mol. The summed E-state index contributed by atoms with van der Waals surface area (Å²) in [4.78, 5) is 30.9. The molecule has 44 heavy (non-hydrogen) atoms. The average Bonchev–Trinajstić information content (AvgIpc) is 3.40. The Bertz CT molecular complexity index is 1320. The summed E-state index contributed by atoms with van der Waals surface area (Å²) >= 11 is 0. The highest BCUT2D eigenvalue weighted by Crippen LogP contribution is 2.52. The van der Waals surface area contributed by atoms with Crippen molar-refractivity contribution in [3.8, 4) is 0 Å². The van der Waals surface area contributed by atoms with Gasteiger partial charge in [-0.3, -0.25) is 4.79 Å². The van der Waals surface area contributed by atoms with E-state index in [4.69, 9.17) is 22.2 Å². The fourth-order valence-electron chi connectivity index (χ4n) is 6.86. The molecule has 0 aromatic carbocycles. The van der Waals surface area contributed by atoms with Gasteiger partial charge in [0, 0.05) is 18.3 Å². The minimum atomic E-state index is -3.08. The summed E-state index contributed by atoms with van der Waals surface area (Å²) in [6, 6.07) is -0.0256. The molecule has 2 fully saturated rings. The van der Waals surface area contributed by atoms with Crippen molar-refractivity contribution in [2.24, 2.45) is 0 Å². The second-order valence-electron chi connectivity index (χ2n) is 13.8. The van der Waals surface area contributed by atoms with E-state index in [0.717, 1.165) is 0 Å². The lowest BCUT2D eigenvalue weighted by Gasteiger charge is -2.51. The highest BCUT2D eigenvalue weighted by atomic mass is 31.2. The normalized spacial score (nSPS) is 26.5. The molecule has 2 aliphatic rings. The van der Waals surface area contributed by atoms with Crippen LogP contribution in [0.2, 0.25) is 22.2 Å². The van der Waals surface area contributed by atoms with Crippen LogP contribution in [0.5, 0.6) is 0 Å². The first-order valence-electron chi connectivity index (χ1n) is 15.8. The van der Waals surface area contributed by atoms with Crippen molar-refractivity contribution in [3.05, 3.63) is 28.7 Å². The van der Waals surface area contributed by atoms with Gasteiger partial charge < -0.3 is 36.7 Å². The highest BCUT2D eigenvalue weighted by molar-refractivity contribution is 7.43. The van der Waals surface area contributed by atoms with Crippen molar-refractivity contribution in [1.29, 1.82) is 0 Å². The van der Waals surface area contributed by atoms with Crippen LogP contribution in [0.25, 0.3) is 11.0 Å². The summed E-state index contributed by atoms with van der Waals surface area (Å²) in [5.41, 5.74) is -0.0785. The van der Waals surface area contributed by atoms with Crippen molar-refractivity contribution in [3.63, 3.8) is 0 Å². The number of hydrogen-bond donors (Lipinski definition) is 2. The van der Waals surface area contributed by atoms with Crippen LogP contribution >= 0.6 is 8.53 Å². The molecule has 4 rings (SSSR count). The van der Waals surface area contributed by atoms with Gasteiger partial charge in [0.15, 0.2) is 17.7 Å². The first kappa shape index (κ1) is 35.8. The van der Waals surface area contributed by atoms with Gasteiger partial charge in [-0.15, -0.1) is 0 Å². The van der Waals surface area contributed by atoms with E-state index in [2.05, 4.69) is 65.4 Å². The molecule has 0 spiro atoms. The standard InChI is InChI=1S/C29H52FN4O7PSi2/c1-16(2)34(17(3)4)42(36)39-26-25-23(38-29(26)33-13-22(30)24-27(33)31-15-32-28(24)35)14-37-43(18(5)6,19(7)8)41-44(40-25,20(9)10)21(11)12/h13,15-21,23,25-26,29,36H,14H2,1-12H3,(H,31,32,35)/t23-,25-,26-,29-,42?/m1/s1. The second-order valence-corrected chi connectivity index (χ2v) is 23.9. The van der Waals surface area contributed by atoms with Crippen molar-refractivity contribution in [2.75, 3.05) is 6.61 Å². The summed E-state index contributed by atoms with van der Waals surface area (Å²) in [5.74, 6) is -0.724. The fraction of sp³-hybridized carbons (Fsp3) is 0.793. The molecule has 0 bridgehead atoms. The van der Waals surface area contributed by atoms with Crippen LogP contribution in [-0.2, 0) is 22.2 Å². The third-order valence-corrected chi connectivity index (χ3v) is 20.9. The SMILES string of the molecule is CC(C)N(C(C)C)P(O)O[C@@H]1[C@@H]2O[Si](C(C)C)(C(C)C)O[Si](C(C)C)(C(C)C)OC[C@H]2O[C@H]1n1cc(F)c2c(=O)[nH]cnc21. The Morgan fingerprint density at radius 2 is 1.59 bits per heavy atom.